The monoisotopic (exact) mass is 567 g/mol. The number of carboxylic acids is 3. The minimum Gasteiger partial charge on any atom is -0.481 e. The maximum absolute atomic E-state index is 11.1. The van der Waals surface area contributed by atoms with Crippen LogP contribution in [0.25, 0.3) is 0 Å². The average molecular weight is 568 g/mol. The van der Waals surface area contributed by atoms with Gasteiger partial charge in [-0.05, 0) is 49.1 Å². The summed E-state index contributed by atoms with van der Waals surface area (Å²) in [6.07, 6.45) is 2.52. The largest absolute Gasteiger partial charge is 0.481 e. The van der Waals surface area contributed by atoms with Crippen LogP contribution in [-0.4, -0.2) is 77.0 Å². The minimum absolute atomic E-state index is 0.348. The van der Waals surface area contributed by atoms with Crippen molar-refractivity contribution in [3.8, 4) is 11.8 Å². The second kappa shape index (κ2) is 13.8. The van der Waals surface area contributed by atoms with Gasteiger partial charge in [0, 0.05) is 32.0 Å². The third-order valence-corrected chi connectivity index (χ3v) is 6.61. The fraction of sp³-hybridized carbons (Fsp3) is 0.345. The van der Waals surface area contributed by atoms with Gasteiger partial charge in [-0.15, -0.1) is 0 Å². The highest BCUT2D eigenvalue weighted by molar-refractivity contribution is 5.88. The van der Waals surface area contributed by atoms with Crippen molar-refractivity contribution in [2.45, 2.75) is 50.4 Å². The molecule has 0 aliphatic carbocycles. The number of nitrogens with zero attached hydrogens (tertiary/aromatic N) is 3. The van der Waals surface area contributed by atoms with Crippen molar-refractivity contribution in [3.05, 3.63) is 83.7 Å². The molecule has 2 heterocycles. The van der Waals surface area contributed by atoms with E-state index in [0.717, 1.165) is 43.8 Å². The fourth-order valence-corrected chi connectivity index (χ4v) is 4.36. The quantitative estimate of drug-likeness (QED) is 0.241. The van der Waals surface area contributed by atoms with Crippen LogP contribution in [0.15, 0.2) is 67.0 Å². The Hall–Kier alpha value is -4.39. The summed E-state index contributed by atoms with van der Waals surface area (Å²) < 4.78 is 5.73. The van der Waals surface area contributed by atoms with E-state index in [1.165, 1.54) is 11.1 Å². The van der Waals surface area contributed by atoms with Crippen LogP contribution in [0.1, 0.15) is 42.4 Å². The van der Waals surface area contributed by atoms with Gasteiger partial charge in [0.05, 0.1) is 18.4 Å². The zero-order valence-corrected chi connectivity index (χ0v) is 22.5. The zero-order valence-electron chi connectivity index (χ0n) is 22.5. The Labute approximate surface area is 236 Å². The smallest absolute Gasteiger partial charge is 0.336 e. The van der Waals surface area contributed by atoms with Crippen LogP contribution in [0, 0.1) is 6.92 Å². The molecule has 1 fully saturated rings. The van der Waals surface area contributed by atoms with Gasteiger partial charge in [0.25, 0.3) is 0 Å². The molecule has 1 aliphatic rings. The highest BCUT2D eigenvalue weighted by Gasteiger charge is 2.40. The van der Waals surface area contributed by atoms with E-state index in [9.17, 15) is 19.5 Å². The number of aliphatic hydroxyl groups is 2. The van der Waals surface area contributed by atoms with Gasteiger partial charge >= 0.3 is 23.9 Å². The number of ether oxygens (including phenoxy) is 1. The summed E-state index contributed by atoms with van der Waals surface area (Å²) in [4.78, 5) is 41.1. The van der Waals surface area contributed by atoms with Gasteiger partial charge < -0.3 is 30.3 Å². The molecule has 5 N–H and O–H groups in total. The van der Waals surface area contributed by atoms with Gasteiger partial charge in [0.15, 0.2) is 5.60 Å². The highest BCUT2D eigenvalue weighted by Crippen LogP contribution is 2.33. The Morgan fingerprint density at radius 2 is 1.51 bits per heavy atom. The molecule has 2 aromatic carbocycles. The first-order valence-electron chi connectivity index (χ1n) is 12.8. The van der Waals surface area contributed by atoms with Crippen molar-refractivity contribution in [1.82, 2.24) is 14.9 Å². The molecule has 218 valence electrons. The number of carbonyl (C=O) groups is 3. The Kier molecular flexibility index (Phi) is 10.5. The van der Waals surface area contributed by atoms with Crippen LogP contribution in [0.5, 0.6) is 11.8 Å². The van der Waals surface area contributed by atoms with Crippen LogP contribution in [0.3, 0.4) is 0 Å². The predicted molar refractivity (Wildman–Crippen MR) is 145 cm³/mol. The third kappa shape index (κ3) is 9.34. The van der Waals surface area contributed by atoms with Gasteiger partial charge in [-0.25, -0.2) is 14.8 Å². The van der Waals surface area contributed by atoms with Crippen LogP contribution in [-0.2, 0) is 26.5 Å². The number of aromatic nitrogens is 2. The first kappa shape index (κ1) is 31.1. The van der Waals surface area contributed by atoms with Crippen molar-refractivity contribution < 1.29 is 44.7 Å². The van der Waals surface area contributed by atoms with Gasteiger partial charge in [-0.2, -0.15) is 0 Å². The molecule has 1 aromatic heterocycles. The van der Waals surface area contributed by atoms with E-state index in [1.54, 1.807) is 18.5 Å². The topological polar surface area (TPSA) is 191 Å². The second-order valence-electron chi connectivity index (χ2n) is 9.93. The molecule has 0 bridgehead atoms. The summed E-state index contributed by atoms with van der Waals surface area (Å²) in [5, 5.41) is 44.9. The fourth-order valence-electron chi connectivity index (χ4n) is 4.36. The van der Waals surface area contributed by atoms with Crippen LogP contribution < -0.4 is 4.74 Å². The molecule has 4 rings (SSSR count). The molecular weight excluding hydrogens is 534 g/mol. The molecule has 3 aromatic rings. The molecule has 41 heavy (non-hydrogen) atoms. The summed E-state index contributed by atoms with van der Waals surface area (Å²) >= 11 is 0. The molecule has 12 nitrogen and oxygen atoms in total. The van der Waals surface area contributed by atoms with Crippen molar-refractivity contribution in [2.24, 2.45) is 0 Å². The number of hydrogen-bond acceptors (Lipinski definition) is 9. The minimum atomic E-state index is -2.74. The predicted octanol–water partition coefficient (Wildman–Crippen LogP) is 2.81. The highest BCUT2D eigenvalue weighted by atomic mass is 16.5. The number of rotatable bonds is 10. The molecule has 0 radical (unpaired) electrons. The Balaban J connectivity index is 0.000000302. The van der Waals surface area contributed by atoms with E-state index in [-0.39, 0.29) is 0 Å². The lowest BCUT2D eigenvalue weighted by Crippen LogP contribution is -2.42. The normalized spacial score (nSPS) is 14.8. The summed E-state index contributed by atoms with van der Waals surface area (Å²) in [6, 6.07) is 18.4. The van der Waals surface area contributed by atoms with Crippen LogP contribution in [0.4, 0.5) is 0 Å². The Bertz CT molecular complexity index is 1310. The summed E-state index contributed by atoms with van der Waals surface area (Å²) in [7, 11) is 0. The van der Waals surface area contributed by atoms with Crippen molar-refractivity contribution in [2.75, 3.05) is 13.1 Å². The first-order chi connectivity index (χ1) is 19.4. The molecular formula is C29H33N3O9. The molecule has 1 aliphatic heterocycles. The molecule has 0 unspecified atom stereocenters. The lowest BCUT2D eigenvalue weighted by molar-refractivity contribution is -0.170. The van der Waals surface area contributed by atoms with Crippen molar-refractivity contribution in [3.63, 3.8) is 0 Å². The van der Waals surface area contributed by atoms with E-state index < -0.39 is 42.0 Å². The molecule has 1 saturated heterocycles. The Morgan fingerprint density at radius 1 is 0.927 bits per heavy atom. The number of carboxylic acid groups (broad SMARTS) is 3. The van der Waals surface area contributed by atoms with E-state index in [2.05, 4.69) is 52.1 Å². The maximum atomic E-state index is 11.1. The standard InChI is InChI=1S/C23H25N3O2.C6H8O7/c1-18-6-8-20(9-7-18)23(27)10-14-26(15-11-23)17-19-4-2-5-21(16-19)28-22-24-12-3-13-25-22;7-3(8)1-6(13,5(11)12)2-4(9)10/h2-9,12-13,16,27H,10-11,14-15,17H2,1H3;13H,1-2H2,(H,7,8)(H,9,10)(H,11,12). The zero-order chi connectivity index (χ0) is 30.0. The summed E-state index contributed by atoms with van der Waals surface area (Å²) in [5.74, 6) is -4.29. The molecule has 0 spiro atoms. The number of hydrogen-bond donors (Lipinski definition) is 5. The van der Waals surface area contributed by atoms with Gasteiger partial charge in [-0.1, -0.05) is 42.0 Å². The number of aryl methyl sites for hydroxylation is 1. The van der Waals surface area contributed by atoms with Gasteiger partial charge in [0.2, 0.25) is 0 Å². The van der Waals surface area contributed by atoms with E-state index in [4.69, 9.17) is 25.2 Å². The van der Waals surface area contributed by atoms with E-state index >= 15 is 0 Å². The lowest BCUT2D eigenvalue weighted by atomic mass is 9.84. The molecule has 0 atom stereocenters. The number of likely N-dealkylation sites (tertiary alicyclic amines) is 1. The van der Waals surface area contributed by atoms with Crippen molar-refractivity contribution >= 4 is 17.9 Å². The van der Waals surface area contributed by atoms with Crippen molar-refractivity contribution in [1.29, 1.82) is 0 Å². The van der Waals surface area contributed by atoms with Gasteiger partial charge in [0.1, 0.15) is 5.75 Å². The summed E-state index contributed by atoms with van der Waals surface area (Å²) in [6.45, 7) is 4.61. The first-order valence-corrected chi connectivity index (χ1v) is 12.8. The molecule has 0 amide bonds. The van der Waals surface area contributed by atoms with Gasteiger partial charge in [-0.3, -0.25) is 14.5 Å². The van der Waals surface area contributed by atoms with E-state index in [0.29, 0.717) is 6.01 Å². The number of piperidine rings is 1. The Morgan fingerprint density at radius 3 is 2.05 bits per heavy atom. The maximum Gasteiger partial charge on any atom is 0.336 e. The average Bonchev–Trinajstić information content (AvgIpc) is 2.91. The van der Waals surface area contributed by atoms with Crippen LogP contribution in [0.2, 0.25) is 0 Å². The second-order valence-corrected chi connectivity index (χ2v) is 9.93. The van der Waals surface area contributed by atoms with E-state index in [1.807, 2.05) is 18.2 Å². The lowest BCUT2D eigenvalue weighted by Gasteiger charge is -2.38. The summed E-state index contributed by atoms with van der Waals surface area (Å²) in [5.41, 5.74) is -0.0460. The van der Waals surface area contributed by atoms with Crippen LogP contribution >= 0.6 is 0 Å². The molecule has 12 heteroatoms. The third-order valence-electron chi connectivity index (χ3n) is 6.61. The molecule has 0 saturated carbocycles. The number of benzene rings is 2. The number of aliphatic carboxylic acids is 3. The SMILES string of the molecule is Cc1ccc(C2(O)CCN(Cc3cccc(Oc4ncccn4)c3)CC2)cc1.O=C(O)CC(O)(CC(=O)O)C(=O)O.